The highest BCUT2D eigenvalue weighted by atomic mass is 16.2. The fourth-order valence-electron chi connectivity index (χ4n) is 1.98. The molecule has 1 amide bonds. The maximum atomic E-state index is 11.4. The van der Waals surface area contributed by atoms with Crippen LogP contribution in [-0.4, -0.2) is 30.2 Å². The molecule has 0 N–H and O–H groups in total. The van der Waals surface area contributed by atoms with Gasteiger partial charge in [-0.15, -0.1) is 0 Å². The van der Waals surface area contributed by atoms with E-state index in [0.717, 1.165) is 12.8 Å². The van der Waals surface area contributed by atoms with Crippen molar-refractivity contribution in [2.45, 2.75) is 33.6 Å². The summed E-state index contributed by atoms with van der Waals surface area (Å²) in [4.78, 5) is 23.8. The van der Waals surface area contributed by atoms with Gasteiger partial charge in [0.1, 0.15) is 0 Å². The fraction of sp³-hybridized carbons (Fsp3) is 0.500. The van der Waals surface area contributed by atoms with Gasteiger partial charge in [-0.05, 0) is 29.9 Å². The molecule has 0 aromatic heterocycles. The number of nitrogens with zero attached hydrogens (tertiary/aromatic N) is 1. The van der Waals surface area contributed by atoms with E-state index in [2.05, 4.69) is 38.1 Å². The van der Waals surface area contributed by atoms with E-state index in [-0.39, 0.29) is 0 Å². The van der Waals surface area contributed by atoms with Gasteiger partial charge in [0.25, 0.3) is 5.91 Å². The van der Waals surface area contributed by atoms with E-state index in [0.29, 0.717) is 12.5 Å². The summed E-state index contributed by atoms with van der Waals surface area (Å²) in [6.45, 7) is 6.29. The van der Waals surface area contributed by atoms with E-state index < -0.39 is 11.7 Å². The first-order valence-corrected chi connectivity index (χ1v) is 6.74. The van der Waals surface area contributed by atoms with Crippen LogP contribution in [0, 0.1) is 5.92 Å². The van der Waals surface area contributed by atoms with Crippen LogP contribution in [0.2, 0.25) is 0 Å². The summed E-state index contributed by atoms with van der Waals surface area (Å²) in [6.07, 6.45) is 1.86. The van der Waals surface area contributed by atoms with Crippen molar-refractivity contribution in [3.63, 3.8) is 0 Å². The molecule has 0 radical (unpaired) electrons. The standard InChI is InChI=1S/C16H23NO2/c1-12(2)11-15-7-5-14(6-8-15)9-10-17(4)16(19)13(3)18/h5-8,12H,9-11H2,1-4H3. The number of carbonyl (C=O) groups excluding carboxylic acids is 2. The fourth-order valence-corrected chi connectivity index (χ4v) is 1.98. The second-order valence-corrected chi connectivity index (χ2v) is 5.45. The second kappa shape index (κ2) is 7.07. The monoisotopic (exact) mass is 261 g/mol. The average Bonchev–Trinajstić information content (AvgIpc) is 2.35. The van der Waals surface area contributed by atoms with Crippen molar-refractivity contribution in [1.82, 2.24) is 4.90 Å². The molecule has 0 bridgehead atoms. The summed E-state index contributed by atoms with van der Waals surface area (Å²) in [5.74, 6) is -0.170. The number of Topliss-reactive ketones (excluding diaryl/α,β-unsaturated/α-hetero) is 1. The Labute approximate surface area is 115 Å². The molecule has 104 valence electrons. The number of hydrogen-bond donors (Lipinski definition) is 0. The van der Waals surface area contributed by atoms with Crippen LogP contribution >= 0.6 is 0 Å². The molecule has 3 nitrogen and oxygen atoms in total. The largest absolute Gasteiger partial charge is 0.339 e. The third-order valence-corrected chi connectivity index (χ3v) is 3.05. The first kappa shape index (κ1) is 15.4. The Balaban J connectivity index is 2.50. The molecule has 0 fully saturated rings. The molecule has 1 rings (SSSR count). The lowest BCUT2D eigenvalue weighted by atomic mass is 10.0. The van der Waals surface area contributed by atoms with Crippen molar-refractivity contribution >= 4 is 11.7 Å². The van der Waals surface area contributed by atoms with Crippen molar-refractivity contribution in [3.05, 3.63) is 35.4 Å². The molecule has 0 aliphatic rings. The van der Waals surface area contributed by atoms with Gasteiger partial charge in [-0.1, -0.05) is 38.1 Å². The molecule has 0 heterocycles. The normalized spacial score (nSPS) is 10.6. The number of rotatable bonds is 6. The number of amides is 1. The van der Waals surface area contributed by atoms with Crippen molar-refractivity contribution < 1.29 is 9.59 Å². The lowest BCUT2D eigenvalue weighted by molar-refractivity contribution is -0.142. The molecule has 0 spiro atoms. The molecule has 0 saturated carbocycles. The number of hydrogen-bond acceptors (Lipinski definition) is 2. The first-order valence-electron chi connectivity index (χ1n) is 6.74. The van der Waals surface area contributed by atoms with Crippen LogP contribution in [0.5, 0.6) is 0 Å². The van der Waals surface area contributed by atoms with Crippen LogP contribution in [0.4, 0.5) is 0 Å². The van der Waals surface area contributed by atoms with Crippen LogP contribution < -0.4 is 0 Å². The van der Waals surface area contributed by atoms with Crippen molar-refractivity contribution in [2.75, 3.05) is 13.6 Å². The lowest BCUT2D eigenvalue weighted by Gasteiger charge is -2.15. The number of likely N-dealkylation sites (N-methyl/N-ethyl adjacent to an activating group) is 1. The third kappa shape index (κ3) is 5.25. The predicted molar refractivity (Wildman–Crippen MR) is 77.0 cm³/mol. The smallest absolute Gasteiger partial charge is 0.289 e. The Bertz CT molecular complexity index is 435. The van der Waals surface area contributed by atoms with Crippen LogP contribution in [0.1, 0.15) is 31.9 Å². The maximum Gasteiger partial charge on any atom is 0.289 e. The van der Waals surface area contributed by atoms with Gasteiger partial charge in [0, 0.05) is 20.5 Å². The molecule has 0 unspecified atom stereocenters. The van der Waals surface area contributed by atoms with E-state index in [1.807, 2.05) is 0 Å². The van der Waals surface area contributed by atoms with Crippen LogP contribution in [0.25, 0.3) is 0 Å². The molecule has 0 aliphatic heterocycles. The zero-order valence-corrected chi connectivity index (χ0v) is 12.3. The summed E-state index contributed by atoms with van der Waals surface area (Å²) in [5.41, 5.74) is 2.53. The Hall–Kier alpha value is -1.64. The quantitative estimate of drug-likeness (QED) is 0.738. The van der Waals surface area contributed by atoms with Gasteiger partial charge in [-0.2, -0.15) is 0 Å². The minimum atomic E-state index is -0.420. The van der Waals surface area contributed by atoms with Gasteiger partial charge in [0.05, 0.1) is 0 Å². The highest BCUT2D eigenvalue weighted by Gasteiger charge is 2.13. The van der Waals surface area contributed by atoms with Gasteiger partial charge < -0.3 is 4.90 Å². The Morgan fingerprint density at radius 2 is 1.63 bits per heavy atom. The maximum absolute atomic E-state index is 11.4. The van der Waals surface area contributed by atoms with E-state index in [9.17, 15) is 9.59 Å². The first-order chi connectivity index (χ1) is 8.90. The van der Waals surface area contributed by atoms with Crippen molar-refractivity contribution in [2.24, 2.45) is 5.92 Å². The molecule has 1 aromatic rings. The number of benzene rings is 1. The van der Waals surface area contributed by atoms with Crippen LogP contribution in [0.15, 0.2) is 24.3 Å². The van der Waals surface area contributed by atoms with Crippen LogP contribution in [0.3, 0.4) is 0 Å². The van der Waals surface area contributed by atoms with E-state index >= 15 is 0 Å². The third-order valence-electron chi connectivity index (χ3n) is 3.05. The van der Waals surface area contributed by atoms with Gasteiger partial charge in [0.2, 0.25) is 5.78 Å². The summed E-state index contributed by atoms with van der Waals surface area (Å²) in [6, 6.07) is 8.48. The average molecular weight is 261 g/mol. The lowest BCUT2D eigenvalue weighted by Crippen LogP contribution is -2.33. The van der Waals surface area contributed by atoms with Gasteiger partial charge in [-0.25, -0.2) is 0 Å². The van der Waals surface area contributed by atoms with Crippen LogP contribution in [-0.2, 0) is 22.4 Å². The minimum Gasteiger partial charge on any atom is -0.339 e. The SMILES string of the molecule is CC(=O)C(=O)N(C)CCc1ccc(CC(C)C)cc1. The Morgan fingerprint density at radius 3 is 2.11 bits per heavy atom. The minimum absolute atomic E-state index is 0.408. The zero-order valence-electron chi connectivity index (χ0n) is 12.3. The van der Waals surface area contributed by atoms with E-state index in [1.165, 1.54) is 23.0 Å². The van der Waals surface area contributed by atoms with Crippen molar-refractivity contribution in [1.29, 1.82) is 0 Å². The number of ketones is 1. The molecular formula is C16H23NO2. The number of carbonyl (C=O) groups is 2. The summed E-state index contributed by atoms with van der Waals surface area (Å²) in [5, 5.41) is 0. The van der Waals surface area contributed by atoms with E-state index in [1.54, 1.807) is 7.05 Å². The van der Waals surface area contributed by atoms with Gasteiger partial charge in [-0.3, -0.25) is 9.59 Å². The molecule has 1 aromatic carbocycles. The summed E-state index contributed by atoms with van der Waals surface area (Å²) in [7, 11) is 1.66. The predicted octanol–water partition coefficient (Wildman–Crippen LogP) is 2.48. The summed E-state index contributed by atoms with van der Waals surface area (Å²) >= 11 is 0. The highest BCUT2D eigenvalue weighted by Crippen LogP contribution is 2.10. The van der Waals surface area contributed by atoms with Gasteiger partial charge >= 0.3 is 0 Å². The molecule has 3 heteroatoms. The summed E-state index contributed by atoms with van der Waals surface area (Å²) < 4.78 is 0. The van der Waals surface area contributed by atoms with Gasteiger partial charge in [0.15, 0.2) is 0 Å². The molecule has 0 aliphatic carbocycles. The molecule has 0 saturated heterocycles. The molecule has 0 atom stereocenters. The zero-order chi connectivity index (χ0) is 14.4. The molecule has 19 heavy (non-hydrogen) atoms. The van der Waals surface area contributed by atoms with E-state index in [4.69, 9.17) is 0 Å². The molecular weight excluding hydrogens is 238 g/mol. The van der Waals surface area contributed by atoms with Crippen molar-refractivity contribution in [3.8, 4) is 0 Å². The Kier molecular flexibility index (Phi) is 5.74. The Morgan fingerprint density at radius 1 is 1.11 bits per heavy atom. The highest BCUT2D eigenvalue weighted by molar-refractivity contribution is 6.34. The second-order valence-electron chi connectivity index (χ2n) is 5.45. The topological polar surface area (TPSA) is 37.4 Å².